The number of nitrogens with two attached hydrogens (primary N) is 1. The number of hydrogen-bond donors (Lipinski definition) is 2. The molecule has 0 aliphatic heterocycles. The van der Waals surface area contributed by atoms with Crippen LogP contribution in [0.4, 0.5) is 8.78 Å². The van der Waals surface area contributed by atoms with Gasteiger partial charge in [-0.05, 0) is 18.2 Å². The third kappa shape index (κ3) is 2.87. The monoisotopic (exact) mass is 288 g/mol. The Hall–Kier alpha value is -1.01. The molecular formula is C12H11ClF2N2S. The van der Waals surface area contributed by atoms with E-state index in [0.29, 0.717) is 10.8 Å². The molecule has 2 aromatic rings. The van der Waals surface area contributed by atoms with E-state index < -0.39 is 17.7 Å². The van der Waals surface area contributed by atoms with Crippen LogP contribution in [0.25, 0.3) is 0 Å². The first-order valence-electron chi connectivity index (χ1n) is 5.26. The van der Waals surface area contributed by atoms with Gasteiger partial charge in [-0.3, -0.25) is 11.3 Å². The summed E-state index contributed by atoms with van der Waals surface area (Å²) in [6.07, 6.45) is 0.453. The summed E-state index contributed by atoms with van der Waals surface area (Å²) in [6.45, 7) is 0. The Bertz CT molecular complexity index is 545. The van der Waals surface area contributed by atoms with Gasteiger partial charge in [0.25, 0.3) is 0 Å². The smallest absolute Gasteiger partial charge is 0.163 e. The minimum absolute atomic E-state index is 0.210. The van der Waals surface area contributed by atoms with Gasteiger partial charge in [0.05, 0.1) is 10.4 Å². The van der Waals surface area contributed by atoms with Crippen molar-refractivity contribution in [3.8, 4) is 0 Å². The molecule has 3 N–H and O–H groups in total. The lowest BCUT2D eigenvalue weighted by Crippen LogP contribution is -2.30. The lowest BCUT2D eigenvalue weighted by molar-refractivity contribution is 0.465. The van der Waals surface area contributed by atoms with Gasteiger partial charge in [0, 0.05) is 16.9 Å². The minimum Gasteiger partial charge on any atom is -0.271 e. The maximum Gasteiger partial charge on any atom is 0.163 e. The molecule has 0 aliphatic rings. The molecule has 0 saturated heterocycles. The first kappa shape index (κ1) is 13.4. The van der Waals surface area contributed by atoms with E-state index in [1.807, 2.05) is 6.07 Å². The summed E-state index contributed by atoms with van der Waals surface area (Å²) in [5, 5.41) is 0. The maximum absolute atomic E-state index is 13.7. The molecule has 0 saturated carbocycles. The second kappa shape index (κ2) is 5.75. The highest BCUT2D eigenvalue weighted by Crippen LogP contribution is 2.27. The van der Waals surface area contributed by atoms with Crippen LogP contribution in [0.15, 0.2) is 30.3 Å². The van der Waals surface area contributed by atoms with Crippen LogP contribution in [0.2, 0.25) is 4.34 Å². The zero-order valence-electron chi connectivity index (χ0n) is 9.29. The maximum atomic E-state index is 13.7. The van der Waals surface area contributed by atoms with Crippen molar-refractivity contribution in [3.63, 3.8) is 0 Å². The summed E-state index contributed by atoms with van der Waals surface area (Å²) in [5.74, 6) is 3.66. The molecule has 1 heterocycles. The summed E-state index contributed by atoms with van der Waals surface area (Å²) in [6, 6.07) is 7.16. The molecular weight excluding hydrogens is 278 g/mol. The zero-order chi connectivity index (χ0) is 13.1. The normalized spacial score (nSPS) is 12.7. The molecule has 2 rings (SSSR count). The third-order valence-electron chi connectivity index (χ3n) is 2.59. The van der Waals surface area contributed by atoms with E-state index >= 15 is 0 Å². The number of hydrogen-bond acceptors (Lipinski definition) is 3. The average molecular weight is 289 g/mol. The topological polar surface area (TPSA) is 38.0 Å². The van der Waals surface area contributed by atoms with Gasteiger partial charge in [-0.1, -0.05) is 23.7 Å². The van der Waals surface area contributed by atoms with Crippen molar-refractivity contribution in [1.82, 2.24) is 5.43 Å². The largest absolute Gasteiger partial charge is 0.271 e. The number of nitrogens with one attached hydrogen (secondary N) is 1. The van der Waals surface area contributed by atoms with Crippen LogP contribution < -0.4 is 11.3 Å². The molecule has 0 fully saturated rings. The van der Waals surface area contributed by atoms with Crippen molar-refractivity contribution in [1.29, 1.82) is 0 Å². The predicted molar refractivity (Wildman–Crippen MR) is 69.5 cm³/mol. The highest BCUT2D eigenvalue weighted by molar-refractivity contribution is 7.16. The number of thiophene rings is 1. The summed E-state index contributed by atoms with van der Waals surface area (Å²) in [5.41, 5.74) is 2.71. The van der Waals surface area contributed by atoms with E-state index in [2.05, 4.69) is 5.43 Å². The number of hydrazine groups is 1. The fourth-order valence-corrected chi connectivity index (χ4v) is 2.84. The van der Waals surface area contributed by atoms with E-state index in [4.69, 9.17) is 17.4 Å². The zero-order valence-corrected chi connectivity index (χ0v) is 10.9. The van der Waals surface area contributed by atoms with Crippen LogP contribution in [0.5, 0.6) is 0 Å². The summed E-state index contributed by atoms with van der Waals surface area (Å²) in [7, 11) is 0. The Morgan fingerprint density at radius 1 is 1.28 bits per heavy atom. The molecule has 96 valence electrons. The molecule has 18 heavy (non-hydrogen) atoms. The van der Waals surface area contributed by atoms with Gasteiger partial charge in [0.1, 0.15) is 0 Å². The molecule has 6 heteroatoms. The molecule has 0 bridgehead atoms. The summed E-state index contributed by atoms with van der Waals surface area (Å²) < 4.78 is 27.5. The standard InChI is InChI=1S/C12H11ClF2N2S/c13-11-5-4-7(18-11)6-10(17-16)8-2-1-3-9(14)12(8)15/h1-5,10,17H,6,16H2. The Morgan fingerprint density at radius 2 is 2.06 bits per heavy atom. The van der Waals surface area contributed by atoms with Gasteiger partial charge in [0.2, 0.25) is 0 Å². The summed E-state index contributed by atoms with van der Waals surface area (Å²) in [4.78, 5) is 0.951. The van der Waals surface area contributed by atoms with Crippen molar-refractivity contribution < 1.29 is 8.78 Å². The van der Waals surface area contributed by atoms with Crippen molar-refractivity contribution in [3.05, 3.63) is 56.7 Å². The average Bonchev–Trinajstić information content (AvgIpc) is 2.76. The number of benzene rings is 1. The fraction of sp³-hybridized carbons (Fsp3) is 0.167. The predicted octanol–water partition coefficient (Wildman–Crippen LogP) is 3.43. The van der Waals surface area contributed by atoms with Gasteiger partial charge < -0.3 is 0 Å². The minimum atomic E-state index is -0.878. The van der Waals surface area contributed by atoms with Gasteiger partial charge >= 0.3 is 0 Å². The van der Waals surface area contributed by atoms with Gasteiger partial charge in [-0.2, -0.15) is 0 Å². The van der Waals surface area contributed by atoms with Crippen LogP contribution in [0, 0.1) is 11.6 Å². The van der Waals surface area contributed by atoms with Gasteiger partial charge in [-0.15, -0.1) is 11.3 Å². The molecule has 1 unspecified atom stereocenters. The highest BCUT2D eigenvalue weighted by atomic mass is 35.5. The molecule has 1 aromatic heterocycles. The second-order valence-electron chi connectivity index (χ2n) is 3.77. The van der Waals surface area contributed by atoms with E-state index in [1.54, 1.807) is 6.07 Å². The molecule has 0 amide bonds. The van der Waals surface area contributed by atoms with Gasteiger partial charge in [-0.25, -0.2) is 8.78 Å². The van der Waals surface area contributed by atoms with Crippen molar-refractivity contribution in [2.24, 2.45) is 5.84 Å². The van der Waals surface area contributed by atoms with E-state index in [0.717, 1.165) is 10.9 Å². The summed E-state index contributed by atoms with van der Waals surface area (Å²) >= 11 is 7.21. The quantitative estimate of drug-likeness (QED) is 0.668. The molecule has 1 aromatic carbocycles. The van der Waals surface area contributed by atoms with Crippen LogP contribution in [-0.4, -0.2) is 0 Å². The molecule has 1 atom stereocenters. The first-order valence-corrected chi connectivity index (χ1v) is 6.45. The van der Waals surface area contributed by atoms with Crippen LogP contribution in [-0.2, 0) is 6.42 Å². The van der Waals surface area contributed by atoms with E-state index in [-0.39, 0.29) is 5.56 Å². The Morgan fingerprint density at radius 3 is 2.67 bits per heavy atom. The van der Waals surface area contributed by atoms with Crippen molar-refractivity contribution in [2.75, 3.05) is 0 Å². The van der Waals surface area contributed by atoms with Crippen LogP contribution in [0.3, 0.4) is 0 Å². The molecule has 0 aliphatic carbocycles. The third-order valence-corrected chi connectivity index (χ3v) is 3.85. The van der Waals surface area contributed by atoms with Crippen LogP contribution in [0.1, 0.15) is 16.5 Å². The van der Waals surface area contributed by atoms with Crippen molar-refractivity contribution >= 4 is 22.9 Å². The lowest BCUT2D eigenvalue weighted by Gasteiger charge is -2.16. The second-order valence-corrected chi connectivity index (χ2v) is 5.57. The first-order chi connectivity index (χ1) is 8.61. The number of halogens is 3. The van der Waals surface area contributed by atoms with Gasteiger partial charge in [0.15, 0.2) is 11.6 Å². The molecule has 2 nitrogen and oxygen atoms in total. The van der Waals surface area contributed by atoms with E-state index in [1.165, 1.54) is 23.5 Å². The van der Waals surface area contributed by atoms with Crippen LogP contribution >= 0.6 is 22.9 Å². The fourth-order valence-electron chi connectivity index (χ4n) is 1.71. The highest BCUT2D eigenvalue weighted by Gasteiger charge is 2.18. The Balaban J connectivity index is 2.25. The SMILES string of the molecule is NNC(Cc1ccc(Cl)s1)c1cccc(F)c1F. The Labute approximate surface area is 112 Å². The lowest BCUT2D eigenvalue weighted by atomic mass is 10.0. The number of rotatable bonds is 4. The van der Waals surface area contributed by atoms with Crippen molar-refractivity contribution in [2.45, 2.75) is 12.5 Å². The molecule has 0 spiro atoms. The van der Waals surface area contributed by atoms with E-state index in [9.17, 15) is 8.78 Å². The Kier molecular flexibility index (Phi) is 4.29. The molecule has 0 radical (unpaired) electrons.